The molecule has 2 N–H and O–H groups in total. The van der Waals surface area contributed by atoms with Gasteiger partial charge in [-0.15, -0.1) is 12.3 Å². The molecule has 0 fully saturated rings. The van der Waals surface area contributed by atoms with Crippen molar-refractivity contribution in [3.8, 4) is 12.3 Å². The van der Waals surface area contributed by atoms with Gasteiger partial charge in [-0.1, -0.05) is 27.2 Å². The van der Waals surface area contributed by atoms with E-state index >= 15 is 0 Å². The molecule has 0 aromatic carbocycles. The molecule has 0 aliphatic heterocycles. The quantitative estimate of drug-likeness (QED) is 0.505. The Morgan fingerprint density at radius 2 is 1.92 bits per heavy atom. The van der Waals surface area contributed by atoms with Crippen molar-refractivity contribution in [2.45, 2.75) is 52.5 Å². The van der Waals surface area contributed by atoms with Crippen LogP contribution in [0.3, 0.4) is 0 Å². The zero-order valence-corrected chi connectivity index (χ0v) is 8.56. The Morgan fingerprint density at radius 3 is 2.33 bits per heavy atom. The van der Waals surface area contributed by atoms with Crippen molar-refractivity contribution in [1.29, 1.82) is 0 Å². The molecule has 1 nitrogen and oxygen atoms in total. The summed E-state index contributed by atoms with van der Waals surface area (Å²) >= 11 is 0. The van der Waals surface area contributed by atoms with Crippen molar-refractivity contribution in [1.82, 2.24) is 0 Å². The van der Waals surface area contributed by atoms with Crippen molar-refractivity contribution in [3.05, 3.63) is 0 Å². The number of nitrogens with two attached hydrogens (primary N) is 1. The van der Waals surface area contributed by atoms with E-state index in [1.54, 1.807) is 0 Å². The van der Waals surface area contributed by atoms with Crippen molar-refractivity contribution in [3.63, 3.8) is 0 Å². The fourth-order valence-electron chi connectivity index (χ4n) is 1.02. The van der Waals surface area contributed by atoms with Crippen molar-refractivity contribution < 1.29 is 0 Å². The van der Waals surface area contributed by atoms with Crippen LogP contribution in [0.2, 0.25) is 0 Å². The Labute approximate surface area is 76.7 Å². The molecule has 0 aromatic rings. The van der Waals surface area contributed by atoms with Gasteiger partial charge in [0.1, 0.15) is 0 Å². The molecule has 12 heavy (non-hydrogen) atoms. The topological polar surface area (TPSA) is 26.0 Å². The van der Waals surface area contributed by atoms with Gasteiger partial charge in [0.05, 0.1) is 0 Å². The van der Waals surface area contributed by atoms with Crippen LogP contribution in [0.4, 0.5) is 0 Å². The van der Waals surface area contributed by atoms with E-state index in [9.17, 15) is 0 Å². The highest BCUT2D eigenvalue weighted by atomic mass is 14.7. The van der Waals surface area contributed by atoms with E-state index in [1.807, 2.05) is 0 Å². The third kappa shape index (κ3) is 5.21. The van der Waals surface area contributed by atoms with Gasteiger partial charge in [0.15, 0.2) is 0 Å². The number of hydrogen-bond acceptors (Lipinski definition) is 1. The minimum Gasteiger partial charge on any atom is -0.327 e. The molecular weight excluding hydrogens is 146 g/mol. The summed E-state index contributed by atoms with van der Waals surface area (Å²) in [6, 6.07) is 0.301. The molecule has 0 bridgehead atoms. The van der Waals surface area contributed by atoms with Gasteiger partial charge < -0.3 is 5.73 Å². The van der Waals surface area contributed by atoms with Crippen LogP contribution in [-0.2, 0) is 0 Å². The van der Waals surface area contributed by atoms with Gasteiger partial charge in [-0.25, -0.2) is 0 Å². The van der Waals surface area contributed by atoms with Gasteiger partial charge in [-0.2, -0.15) is 0 Å². The van der Waals surface area contributed by atoms with Crippen LogP contribution in [-0.4, -0.2) is 6.04 Å². The molecule has 0 heterocycles. The van der Waals surface area contributed by atoms with E-state index in [1.165, 1.54) is 0 Å². The summed E-state index contributed by atoms with van der Waals surface area (Å²) in [4.78, 5) is 0. The van der Waals surface area contributed by atoms with Crippen LogP contribution in [0, 0.1) is 17.8 Å². The number of hydrogen-bond donors (Lipinski definition) is 1. The molecule has 0 saturated heterocycles. The summed E-state index contributed by atoms with van der Waals surface area (Å²) in [6.45, 7) is 6.54. The maximum atomic E-state index is 5.98. The Hall–Kier alpha value is -0.480. The third-order valence-electron chi connectivity index (χ3n) is 2.20. The summed E-state index contributed by atoms with van der Waals surface area (Å²) in [5.74, 6) is 2.64. The molecule has 0 saturated carbocycles. The Balaban J connectivity index is 3.46. The number of unbranched alkanes of at least 4 members (excludes halogenated alkanes) is 2. The lowest BCUT2D eigenvalue weighted by Gasteiger charge is -2.26. The largest absolute Gasteiger partial charge is 0.327 e. The van der Waals surface area contributed by atoms with Crippen LogP contribution >= 0.6 is 0 Å². The predicted molar refractivity (Wildman–Crippen MR) is 54.7 cm³/mol. The monoisotopic (exact) mass is 167 g/mol. The average molecular weight is 167 g/mol. The zero-order valence-electron chi connectivity index (χ0n) is 8.56. The Morgan fingerprint density at radius 1 is 1.33 bits per heavy atom. The molecule has 0 rings (SSSR count). The number of rotatable bonds is 4. The second kappa shape index (κ2) is 5.22. The Bertz CT molecular complexity index is 147. The lowest BCUT2D eigenvalue weighted by Crippen LogP contribution is -2.34. The third-order valence-corrected chi connectivity index (χ3v) is 2.20. The fraction of sp³-hybridized carbons (Fsp3) is 0.818. The van der Waals surface area contributed by atoms with E-state index in [2.05, 4.69) is 26.7 Å². The maximum absolute atomic E-state index is 5.98. The Kier molecular flexibility index (Phi) is 5.01. The van der Waals surface area contributed by atoms with E-state index in [0.29, 0.717) is 6.04 Å². The van der Waals surface area contributed by atoms with E-state index in [0.717, 1.165) is 25.7 Å². The van der Waals surface area contributed by atoms with Crippen LogP contribution in [0.1, 0.15) is 46.5 Å². The molecule has 70 valence electrons. The standard InChI is InChI=1S/C11H21N/c1-5-6-7-8-9-10(12)11(2,3)4/h1,10H,6-9,12H2,2-4H3. The van der Waals surface area contributed by atoms with Crippen LogP contribution in [0.25, 0.3) is 0 Å². The molecule has 1 atom stereocenters. The van der Waals surface area contributed by atoms with Crippen molar-refractivity contribution in [2.75, 3.05) is 0 Å². The summed E-state index contributed by atoms with van der Waals surface area (Å²) < 4.78 is 0. The highest BCUT2D eigenvalue weighted by molar-refractivity contribution is 4.83. The highest BCUT2D eigenvalue weighted by Crippen LogP contribution is 2.21. The molecular formula is C11H21N. The van der Waals surface area contributed by atoms with E-state index < -0.39 is 0 Å². The van der Waals surface area contributed by atoms with Gasteiger partial charge >= 0.3 is 0 Å². The molecule has 0 spiro atoms. The SMILES string of the molecule is C#CCCCCC(N)C(C)(C)C. The molecule has 0 aliphatic carbocycles. The highest BCUT2D eigenvalue weighted by Gasteiger charge is 2.19. The average Bonchev–Trinajstić information content (AvgIpc) is 1.96. The summed E-state index contributed by atoms with van der Waals surface area (Å²) in [5, 5.41) is 0. The van der Waals surface area contributed by atoms with Gasteiger partial charge in [0, 0.05) is 12.5 Å². The van der Waals surface area contributed by atoms with E-state index in [-0.39, 0.29) is 5.41 Å². The summed E-state index contributed by atoms with van der Waals surface area (Å²) in [7, 11) is 0. The number of terminal acetylenes is 1. The van der Waals surface area contributed by atoms with Gasteiger partial charge in [0.2, 0.25) is 0 Å². The smallest absolute Gasteiger partial charge is 0.00876 e. The zero-order chi connectivity index (χ0) is 9.61. The van der Waals surface area contributed by atoms with Gasteiger partial charge in [-0.3, -0.25) is 0 Å². The second-order valence-electron chi connectivity index (χ2n) is 4.42. The van der Waals surface area contributed by atoms with E-state index in [4.69, 9.17) is 12.2 Å². The molecule has 0 aromatic heterocycles. The maximum Gasteiger partial charge on any atom is 0.00876 e. The van der Waals surface area contributed by atoms with Gasteiger partial charge in [0.25, 0.3) is 0 Å². The lowest BCUT2D eigenvalue weighted by atomic mass is 9.84. The first-order chi connectivity index (χ1) is 5.48. The molecule has 0 aliphatic rings. The van der Waals surface area contributed by atoms with Crippen LogP contribution in [0.5, 0.6) is 0 Å². The van der Waals surface area contributed by atoms with Crippen molar-refractivity contribution >= 4 is 0 Å². The lowest BCUT2D eigenvalue weighted by molar-refractivity contribution is 0.300. The van der Waals surface area contributed by atoms with Crippen LogP contribution < -0.4 is 5.73 Å². The first-order valence-electron chi connectivity index (χ1n) is 4.67. The predicted octanol–water partition coefficient (Wildman–Crippen LogP) is 2.55. The molecule has 0 amide bonds. The first-order valence-corrected chi connectivity index (χ1v) is 4.67. The minimum atomic E-state index is 0.232. The van der Waals surface area contributed by atoms with Gasteiger partial charge in [-0.05, 0) is 18.3 Å². The summed E-state index contributed by atoms with van der Waals surface area (Å²) in [5.41, 5.74) is 6.21. The molecule has 0 radical (unpaired) electrons. The fourth-order valence-corrected chi connectivity index (χ4v) is 1.02. The first kappa shape index (κ1) is 11.5. The van der Waals surface area contributed by atoms with Crippen molar-refractivity contribution in [2.24, 2.45) is 11.1 Å². The molecule has 1 unspecified atom stereocenters. The minimum absolute atomic E-state index is 0.232. The summed E-state index contributed by atoms with van der Waals surface area (Å²) in [6.07, 6.45) is 9.39. The second-order valence-corrected chi connectivity index (χ2v) is 4.42. The molecule has 1 heteroatoms. The van der Waals surface area contributed by atoms with Crippen LogP contribution in [0.15, 0.2) is 0 Å². The normalized spacial score (nSPS) is 13.9.